The van der Waals surface area contributed by atoms with Crippen LogP contribution in [0.3, 0.4) is 0 Å². The second-order valence-corrected chi connectivity index (χ2v) is 8.66. The van der Waals surface area contributed by atoms with Crippen molar-refractivity contribution in [2.24, 2.45) is 0 Å². The predicted octanol–water partition coefficient (Wildman–Crippen LogP) is 2.28. The minimum atomic E-state index is -3.79. The molecule has 0 fully saturated rings. The molecule has 0 aliphatic rings. The summed E-state index contributed by atoms with van der Waals surface area (Å²) in [4.78, 5) is 23.4. The number of ether oxygens (including phenoxy) is 3. The molecule has 0 radical (unpaired) electrons. The van der Waals surface area contributed by atoms with Crippen LogP contribution in [0.5, 0.6) is 5.75 Å². The van der Waals surface area contributed by atoms with Crippen LogP contribution in [-0.4, -0.2) is 52.8 Å². The van der Waals surface area contributed by atoms with E-state index in [-0.39, 0.29) is 36.1 Å². The summed E-state index contributed by atoms with van der Waals surface area (Å²) in [6.07, 6.45) is -0.187. The zero-order valence-electron chi connectivity index (χ0n) is 18.1. The topological polar surface area (TPSA) is 132 Å². The van der Waals surface area contributed by atoms with E-state index in [9.17, 15) is 18.0 Å². The van der Waals surface area contributed by atoms with Crippen LogP contribution in [0.25, 0.3) is 0 Å². The number of hydrogen-bond donors (Lipinski definition) is 3. The fourth-order valence-electron chi connectivity index (χ4n) is 2.47. The molecular formula is C21H25N3O7S2. The lowest BCUT2D eigenvalue weighted by atomic mass is 10.3. The summed E-state index contributed by atoms with van der Waals surface area (Å²) in [5.74, 6) is -0.362. The van der Waals surface area contributed by atoms with Crippen molar-refractivity contribution in [3.05, 3.63) is 48.5 Å². The Balaban J connectivity index is 1.84. The smallest absolute Gasteiger partial charge is 0.306 e. The van der Waals surface area contributed by atoms with Gasteiger partial charge in [0.05, 0.1) is 25.0 Å². The van der Waals surface area contributed by atoms with Gasteiger partial charge in [0.2, 0.25) is 5.91 Å². The number of nitrogens with one attached hydrogen (secondary N) is 3. The first-order valence-corrected chi connectivity index (χ1v) is 11.6. The van der Waals surface area contributed by atoms with Gasteiger partial charge in [-0.25, -0.2) is 8.42 Å². The Morgan fingerprint density at radius 1 is 0.909 bits per heavy atom. The molecule has 2 aromatic carbocycles. The standard InChI is InChI=1S/C21H25N3O7S2/c1-29-13-14-31-20(26)12-11-19(25)23-21(32)22-15-5-9-18(10-6-15)33(27,28)24-16-3-7-17(30-2)8-4-16/h3-10,24H,11-14H2,1-2H3,(H2,22,23,25,32). The second-order valence-electron chi connectivity index (χ2n) is 6.57. The third-order valence-electron chi connectivity index (χ3n) is 4.12. The average Bonchev–Trinajstić information content (AvgIpc) is 2.78. The monoisotopic (exact) mass is 495 g/mol. The molecule has 0 unspecified atom stereocenters. The van der Waals surface area contributed by atoms with E-state index in [2.05, 4.69) is 15.4 Å². The van der Waals surface area contributed by atoms with Crippen molar-refractivity contribution in [1.82, 2.24) is 5.32 Å². The molecule has 0 saturated heterocycles. The molecule has 0 aliphatic heterocycles. The number of rotatable bonds is 11. The number of methoxy groups -OCH3 is 2. The van der Waals surface area contributed by atoms with E-state index in [0.29, 0.717) is 17.1 Å². The van der Waals surface area contributed by atoms with Crippen molar-refractivity contribution in [3.8, 4) is 5.75 Å². The molecule has 2 rings (SSSR count). The Morgan fingerprint density at radius 2 is 1.55 bits per heavy atom. The van der Waals surface area contributed by atoms with Crippen LogP contribution in [0.1, 0.15) is 12.8 Å². The number of hydrogen-bond acceptors (Lipinski definition) is 8. The molecule has 10 nitrogen and oxygen atoms in total. The van der Waals surface area contributed by atoms with Crippen LogP contribution in [0.15, 0.2) is 53.4 Å². The normalized spacial score (nSPS) is 10.7. The van der Waals surface area contributed by atoms with Gasteiger partial charge in [0, 0.05) is 24.9 Å². The zero-order valence-corrected chi connectivity index (χ0v) is 19.8. The van der Waals surface area contributed by atoms with E-state index >= 15 is 0 Å². The highest BCUT2D eigenvalue weighted by Gasteiger charge is 2.15. The summed E-state index contributed by atoms with van der Waals surface area (Å²) < 4.78 is 42.3. The number of anilines is 2. The largest absolute Gasteiger partial charge is 0.497 e. The van der Waals surface area contributed by atoms with Gasteiger partial charge in [0.25, 0.3) is 10.0 Å². The lowest BCUT2D eigenvalue weighted by Crippen LogP contribution is -2.34. The molecule has 33 heavy (non-hydrogen) atoms. The number of amides is 1. The summed E-state index contributed by atoms with van der Waals surface area (Å²) in [6, 6.07) is 12.3. The van der Waals surface area contributed by atoms with Crippen molar-refractivity contribution < 1.29 is 32.2 Å². The molecule has 0 heterocycles. The molecule has 0 bridgehead atoms. The van der Waals surface area contributed by atoms with E-state index in [1.54, 1.807) is 24.3 Å². The minimum Gasteiger partial charge on any atom is -0.497 e. The van der Waals surface area contributed by atoms with Crippen LogP contribution < -0.4 is 20.1 Å². The van der Waals surface area contributed by atoms with Crippen molar-refractivity contribution >= 4 is 50.6 Å². The summed E-state index contributed by atoms with van der Waals surface area (Å²) in [5.41, 5.74) is 0.868. The van der Waals surface area contributed by atoms with Crippen molar-refractivity contribution in [1.29, 1.82) is 0 Å². The van der Waals surface area contributed by atoms with E-state index < -0.39 is 21.9 Å². The van der Waals surface area contributed by atoms with E-state index in [1.807, 2.05) is 0 Å². The van der Waals surface area contributed by atoms with Gasteiger partial charge in [-0.2, -0.15) is 0 Å². The highest BCUT2D eigenvalue weighted by Crippen LogP contribution is 2.20. The third kappa shape index (κ3) is 9.04. The van der Waals surface area contributed by atoms with E-state index in [1.165, 1.54) is 38.5 Å². The first-order valence-electron chi connectivity index (χ1n) is 9.76. The lowest BCUT2D eigenvalue weighted by molar-refractivity contribution is -0.146. The Labute approximate surface area is 197 Å². The van der Waals surface area contributed by atoms with Gasteiger partial charge >= 0.3 is 5.97 Å². The average molecular weight is 496 g/mol. The molecule has 0 atom stereocenters. The van der Waals surface area contributed by atoms with Crippen molar-refractivity contribution in [2.75, 3.05) is 37.5 Å². The molecule has 3 N–H and O–H groups in total. The SMILES string of the molecule is COCCOC(=O)CCC(=O)NC(=S)Nc1ccc(S(=O)(=O)Nc2ccc(OC)cc2)cc1. The predicted molar refractivity (Wildman–Crippen MR) is 127 cm³/mol. The Morgan fingerprint density at radius 3 is 2.15 bits per heavy atom. The van der Waals surface area contributed by atoms with Crippen LogP contribution in [0.4, 0.5) is 11.4 Å². The minimum absolute atomic E-state index is 0.0136. The van der Waals surface area contributed by atoms with E-state index in [4.69, 9.17) is 26.4 Å². The van der Waals surface area contributed by atoms with Crippen LogP contribution in [0, 0.1) is 0 Å². The number of carbonyl (C=O) groups excluding carboxylic acids is 2. The molecule has 0 saturated carbocycles. The first-order chi connectivity index (χ1) is 15.7. The van der Waals surface area contributed by atoms with Crippen LogP contribution in [0.2, 0.25) is 0 Å². The van der Waals surface area contributed by atoms with Gasteiger partial charge in [0.15, 0.2) is 5.11 Å². The Kier molecular flexibility index (Phi) is 10.0. The van der Waals surface area contributed by atoms with Gasteiger partial charge in [-0.1, -0.05) is 0 Å². The fraction of sp³-hybridized carbons (Fsp3) is 0.286. The number of thiocarbonyl (C=S) groups is 1. The molecule has 2 aromatic rings. The lowest BCUT2D eigenvalue weighted by Gasteiger charge is -2.11. The number of esters is 1. The van der Waals surface area contributed by atoms with Gasteiger partial charge in [-0.3, -0.25) is 14.3 Å². The number of carbonyl (C=O) groups is 2. The van der Waals surface area contributed by atoms with Gasteiger partial charge < -0.3 is 24.8 Å². The van der Waals surface area contributed by atoms with Gasteiger partial charge in [0.1, 0.15) is 12.4 Å². The van der Waals surface area contributed by atoms with Crippen LogP contribution in [-0.2, 0) is 29.1 Å². The maximum atomic E-state index is 12.6. The maximum Gasteiger partial charge on any atom is 0.306 e. The molecule has 0 aromatic heterocycles. The van der Waals surface area contributed by atoms with Crippen LogP contribution >= 0.6 is 12.2 Å². The molecule has 178 valence electrons. The number of sulfonamides is 1. The van der Waals surface area contributed by atoms with E-state index in [0.717, 1.165) is 0 Å². The Hall–Kier alpha value is -3.22. The fourth-order valence-corrected chi connectivity index (χ4v) is 3.76. The van der Waals surface area contributed by atoms with Crippen molar-refractivity contribution in [2.45, 2.75) is 17.7 Å². The summed E-state index contributed by atoms with van der Waals surface area (Å²) in [6.45, 7) is 0.405. The highest BCUT2D eigenvalue weighted by molar-refractivity contribution is 7.92. The molecular weight excluding hydrogens is 470 g/mol. The maximum absolute atomic E-state index is 12.6. The summed E-state index contributed by atoms with van der Waals surface area (Å²) in [7, 11) is -0.785. The summed E-state index contributed by atoms with van der Waals surface area (Å²) >= 11 is 5.07. The van der Waals surface area contributed by atoms with Gasteiger partial charge in [-0.05, 0) is 60.7 Å². The number of benzene rings is 2. The second kappa shape index (κ2) is 12.7. The van der Waals surface area contributed by atoms with Gasteiger partial charge in [-0.15, -0.1) is 0 Å². The summed E-state index contributed by atoms with van der Waals surface area (Å²) in [5, 5.41) is 5.24. The zero-order chi connectivity index (χ0) is 24.3. The molecule has 0 aliphatic carbocycles. The third-order valence-corrected chi connectivity index (χ3v) is 5.73. The molecule has 1 amide bonds. The highest BCUT2D eigenvalue weighted by atomic mass is 32.2. The molecule has 12 heteroatoms. The van der Waals surface area contributed by atoms with Crippen molar-refractivity contribution in [3.63, 3.8) is 0 Å². The molecule has 0 spiro atoms. The Bertz CT molecular complexity index is 1060. The first kappa shape index (κ1) is 26.0. The quantitative estimate of drug-likeness (QED) is 0.244.